The van der Waals surface area contributed by atoms with E-state index in [1.54, 1.807) is 12.1 Å². The van der Waals surface area contributed by atoms with Crippen LogP contribution in [-0.2, 0) is 26.1 Å². The summed E-state index contributed by atoms with van der Waals surface area (Å²) in [5, 5.41) is 2.82. The number of rotatable bonds is 8. The van der Waals surface area contributed by atoms with Gasteiger partial charge in [0.1, 0.15) is 5.76 Å². The van der Waals surface area contributed by atoms with Gasteiger partial charge >= 0.3 is 5.97 Å². The van der Waals surface area contributed by atoms with Crippen molar-refractivity contribution in [2.75, 3.05) is 6.61 Å². The van der Waals surface area contributed by atoms with Crippen molar-refractivity contribution in [2.45, 2.75) is 43.2 Å². The maximum Gasteiger partial charge on any atom is 0.338 e. The number of hydrogen-bond donors (Lipinski definition) is 2. The van der Waals surface area contributed by atoms with Gasteiger partial charge in [0.15, 0.2) is 6.61 Å². The molecule has 0 atom stereocenters. The number of nitrogens with one attached hydrogen (secondary N) is 2. The third-order valence-electron chi connectivity index (χ3n) is 4.45. The first-order valence-corrected chi connectivity index (χ1v) is 10.5. The average molecular weight is 406 g/mol. The van der Waals surface area contributed by atoms with E-state index in [4.69, 9.17) is 9.15 Å². The van der Waals surface area contributed by atoms with Crippen molar-refractivity contribution in [2.24, 2.45) is 0 Å². The molecule has 2 aromatic rings. The molecule has 28 heavy (non-hydrogen) atoms. The molecule has 1 amide bonds. The fourth-order valence-corrected chi connectivity index (χ4v) is 4.05. The van der Waals surface area contributed by atoms with E-state index in [1.807, 2.05) is 0 Å². The fourth-order valence-electron chi connectivity index (χ4n) is 3.01. The first-order chi connectivity index (χ1) is 13.4. The average Bonchev–Trinajstić information content (AvgIpc) is 3.39. The van der Waals surface area contributed by atoms with Crippen molar-refractivity contribution >= 4 is 21.9 Å². The Labute approximate surface area is 163 Å². The maximum atomic E-state index is 12.4. The van der Waals surface area contributed by atoms with Crippen molar-refractivity contribution in [1.29, 1.82) is 0 Å². The molecule has 1 aliphatic carbocycles. The molecule has 1 aromatic heterocycles. The van der Waals surface area contributed by atoms with E-state index in [9.17, 15) is 18.0 Å². The molecule has 8 nitrogen and oxygen atoms in total. The van der Waals surface area contributed by atoms with Gasteiger partial charge in [0, 0.05) is 6.04 Å². The van der Waals surface area contributed by atoms with Crippen molar-refractivity contribution in [1.82, 2.24) is 10.0 Å². The predicted octanol–water partition coefficient (Wildman–Crippen LogP) is 1.97. The quantitative estimate of drug-likeness (QED) is 0.648. The molecule has 0 unspecified atom stereocenters. The summed E-state index contributed by atoms with van der Waals surface area (Å²) in [4.78, 5) is 24.0. The third kappa shape index (κ3) is 5.43. The summed E-state index contributed by atoms with van der Waals surface area (Å²) < 4.78 is 37.3. The number of furan rings is 1. The first-order valence-electron chi connectivity index (χ1n) is 9.02. The van der Waals surface area contributed by atoms with E-state index in [-0.39, 0.29) is 29.0 Å². The number of sulfonamides is 1. The minimum absolute atomic E-state index is 0.00859. The summed E-state index contributed by atoms with van der Waals surface area (Å²) in [6.07, 6.45) is 5.48. The van der Waals surface area contributed by atoms with Crippen molar-refractivity contribution in [3.8, 4) is 0 Å². The Hall–Kier alpha value is -2.65. The lowest BCUT2D eigenvalue weighted by Crippen LogP contribution is -2.35. The number of hydrogen-bond acceptors (Lipinski definition) is 6. The van der Waals surface area contributed by atoms with Gasteiger partial charge in [-0.25, -0.2) is 17.9 Å². The van der Waals surface area contributed by atoms with Gasteiger partial charge in [0.2, 0.25) is 10.0 Å². The summed E-state index contributed by atoms with van der Waals surface area (Å²) in [5.41, 5.74) is 0.0505. The molecule has 150 valence electrons. The monoisotopic (exact) mass is 406 g/mol. The Morgan fingerprint density at radius 3 is 2.64 bits per heavy atom. The molecule has 0 spiro atoms. The highest BCUT2D eigenvalue weighted by molar-refractivity contribution is 7.89. The van der Waals surface area contributed by atoms with Crippen LogP contribution in [0.15, 0.2) is 52.0 Å². The fraction of sp³-hybridized carbons (Fsp3) is 0.368. The van der Waals surface area contributed by atoms with E-state index < -0.39 is 22.6 Å². The van der Waals surface area contributed by atoms with Crippen LogP contribution in [0.2, 0.25) is 0 Å². The van der Waals surface area contributed by atoms with Gasteiger partial charge < -0.3 is 14.5 Å². The Kier molecular flexibility index (Phi) is 6.48. The molecular weight excluding hydrogens is 384 g/mol. The Morgan fingerprint density at radius 2 is 1.93 bits per heavy atom. The number of benzene rings is 1. The molecular formula is C19H22N2O6S. The van der Waals surface area contributed by atoms with Crippen molar-refractivity contribution in [3.63, 3.8) is 0 Å². The second-order valence-corrected chi connectivity index (χ2v) is 8.32. The molecule has 1 saturated carbocycles. The van der Waals surface area contributed by atoms with Crippen LogP contribution < -0.4 is 10.0 Å². The molecule has 1 aromatic carbocycles. The van der Waals surface area contributed by atoms with Gasteiger partial charge in [-0.1, -0.05) is 18.9 Å². The van der Waals surface area contributed by atoms with Crippen LogP contribution in [0, 0.1) is 0 Å². The molecule has 9 heteroatoms. The van der Waals surface area contributed by atoms with E-state index >= 15 is 0 Å². The minimum atomic E-state index is -3.84. The Bertz CT molecular complexity index is 918. The normalized spacial score (nSPS) is 14.7. The molecule has 1 aliphatic rings. The van der Waals surface area contributed by atoms with Crippen LogP contribution in [0.3, 0.4) is 0 Å². The maximum absolute atomic E-state index is 12.4. The first kappa shape index (κ1) is 20.1. The zero-order valence-electron chi connectivity index (χ0n) is 15.2. The van der Waals surface area contributed by atoms with Crippen LogP contribution >= 0.6 is 0 Å². The molecule has 1 heterocycles. The van der Waals surface area contributed by atoms with E-state index in [0.29, 0.717) is 5.76 Å². The standard InChI is InChI=1S/C19H22N2O6S/c22-18(21-15-6-1-2-7-15)13-27-19(23)14-5-3-9-17(11-14)28(24,25)20-12-16-8-4-10-26-16/h3-5,8-11,15,20H,1-2,6-7,12-13H2,(H,21,22). The SMILES string of the molecule is O=C(COC(=O)c1cccc(S(=O)(=O)NCc2ccco2)c1)NC1CCCC1. The van der Waals surface area contributed by atoms with Crippen LogP contribution in [0.1, 0.15) is 41.8 Å². The van der Waals surface area contributed by atoms with Crippen LogP contribution in [0.4, 0.5) is 0 Å². The van der Waals surface area contributed by atoms with Gasteiger partial charge in [-0.05, 0) is 43.2 Å². The second-order valence-electron chi connectivity index (χ2n) is 6.56. The van der Waals surface area contributed by atoms with Crippen molar-refractivity contribution < 1.29 is 27.2 Å². The summed E-state index contributed by atoms with van der Waals surface area (Å²) >= 11 is 0. The summed E-state index contributed by atoms with van der Waals surface area (Å²) in [6.45, 7) is -0.408. The van der Waals surface area contributed by atoms with Crippen LogP contribution in [-0.4, -0.2) is 32.9 Å². The Morgan fingerprint density at radius 1 is 1.14 bits per heavy atom. The van der Waals surface area contributed by atoms with Crippen LogP contribution in [0.25, 0.3) is 0 Å². The van der Waals surface area contributed by atoms with Gasteiger partial charge in [0.05, 0.1) is 23.3 Å². The predicted molar refractivity (Wildman–Crippen MR) is 99.9 cm³/mol. The van der Waals surface area contributed by atoms with Gasteiger partial charge in [-0.3, -0.25) is 4.79 Å². The lowest BCUT2D eigenvalue weighted by molar-refractivity contribution is -0.124. The number of amides is 1. The molecule has 0 radical (unpaired) electrons. The summed E-state index contributed by atoms with van der Waals surface area (Å²) in [7, 11) is -3.84. The van der Waals surface area contributed by atoms with Gasteiger partial charge in [0.25, 0.3) is 5.91 Å². The number of ether oxygens (including phenoxy) is 1. The smallest absolute Gasteiger partial charge is 0.338 e. The van der Waals surface area contributed by atoms with E-state index in [0.717, 1.165) is 25.7 Å². The summed E-state index contributed by atoms with van der Waals surface area (Å²) in [6, 6.07) is 8.89. The van der Waals surface area contributed by atoms with Crippen LogP contribution in [0.5, 0.6) is 0 Å². The lowest BCUT2D eigenvalue weighted by atomic mass is 10.2. The number of esters is 1. The second kappa shape index (κ2) is 9.03. The topological polar surface area (TPSA) is 115 Å². The molecule has 0 bridgehead atoms. The van der Waals surface area contributed by atoms with Crippen molar-refractivity contribution in [3.05, 3.63) is 54.0 Å². The van der Waals surface area contributed by atoms with E-state index in [2.05, 4.69) is 10.0 Å². The highest BCUT2D eigenvalue weighted by atomic mass is 32.2. The lowest BCUT2D eigenvalue weighted by Gasteiger charge is -2.12. The zero-order chi connectivity index (χ0) is 20.0. The minimum Gasteiger partial charge on any atom is -0.468 e. The zero-order valence-corrected chi connectivity index (χ0v) is 16.0. The molecule has 3 rings (SSSR count). The molecule has 0 aliphatic heterocycles. The highest BCUT2D eigenvalue weighted by Crippen LogP contribution is 2.17. The summed E-state index contributed by atoms with van der Waals surface area (Å²) in [5.74, 6) is -0.652. The largest absolute Gasteiger partial charge is 0.468 e. The van der Waals surface area contributed by atoms with E-state index in [1.165, 1.54) is 30.5 Å². The van der Waals surface area contributed by atoms with Gasteiger partial charge in [-0.2, -0.15) is 0 Å². The third-order valence-corrected chi connectivity index (χ3v) is 5.85. The Balaban J connectivity index is 1.56. The van der Waals surface area contributed by atoms with Gasteiger partial charge in [-0.15, -0.1) is 0 Å². The highest BCUT2D eigenvalue weighted by Gasteiger charge is 2.20. The molecule has 1 fully saturated rings. The number of carbonyl (C=O) groups excluding carboxylic acids is 2. The number of carbonyl (C=O) groups is 2. The molecule has 0 saturated heterocycles. The molecule has 2 N–H and O–H groups in total.